The van der Waals surface area contributed by atoms with Gasteiger partial charge in [-0.05, 0) is 0 Å². The van der Waals surface area contributed by atoms with Gasteiger partial charge < -0.3 is 29.6 Å². The van der Waals surface area contributed by atoms with Crippen LogP contribution in [0.25, 0.3) is 0 Å². The van der Waals surface area contributed by atoms with Crippen LogP contribution >= 0.6 is 31.3 Å². The van der Waals surface area contributed by atoms with Crippen LogP contribution in [-0.4, -0.2) is 95.5 Å². The number of halogens is 2. The summed E-state index contributed by atoms with van der Waals surface area (Å²) in [5.74, 6) is -2.02. The maximum absolute atomic E-state index is 12.5. The summed E-state index contributed by atoms with van der Waals surface area (Å²) in [4.78, 5) is 45.5. The summed E-state index contributed by atoms with van der Waals surface area (Å²) in [6, 6.07) is 0. The minimum Gasteiger partial charge on any atom is -0.396 e. The third kappa shape index (κ3) is 21.7. The van der Waals surface area contributed by atoms with E-state index >= 15 is 0 Å². The molecular weight excluding hydrogens is 606 g/mol. The molecule has 0 fully saturated rings. The van der Waals surface area contributed by atoms with Crippen LogP contribution < -0.4 is 11.1 Å². The number of aliphatic hydroxyl groups is 1. The third-order valence-electron chi connectivity index (χ3n) is 3.60. The van der Waals surface area contributed by atoms with Gasteiger partial charge in [0, 0.05) is 31.5 Å². The largest absolute Gasteiger partial charge is 0.472 e. The molecule has 0 amide bonds. The Bertz CT molecular complexity index is 821. The highest BCUT2D eigenvalue weighted by Gasteiger charge is 2.28. The van der Waals surface area contributed by atoms with Crippen LogP contribution in [-0.2, 0) is 49.9 Å². The van der Waals surface area contributed by atoms with Gasteiger partial charge in [-0.15, -0.1) is 8.96 Å². The van der Waals surface area contributed by atoms with Crippen molar-refractivity contribution in [1.82, 2.24) is 11.1 Å². The SMILES string of the molecule is O=P(O)(O)OCCOP(=O)(O)OCC(CNF)COP(=O)(O)OCCOP(=O)(O)OCC(CO)CNF. The molecule has 5 unspecified atom stereocenters. The number of hydrogen-bond donors (Lipinski definition) is 8. The van der Waals surface area contributed by atoms with E-state index in [9.17, 15) is 41.9 Å². The molecule has 0 aliphatic carbocycles. The van der Waals surface area contributed by atoms with Gasteiger partial charge in [0.25, 0.3) is 0 Å². The Labute approximate surface area is 209 Å². The van der Waals surface area contributed by atoms with Crippen molar-refractivity contribution in [3.8, 4) is 0 Å². The summed E-state index contributed by atoms with van der Waals surface area (Å²) in [5, 5.41) is 8.94. The smallest absolute Gasteiger partial charge is 0.396 e. The van der Waals surface area contributed by atoms with Crippen LogP contribution in [0.15, 0.2) is 0 Å². The van der Waals surface area contributed by atoms with E-state index in [-0.39, 0.29) is 6.54 Å². The summed E-state index contributed by atoms with van der Waals surface area (Å²) in [5.41, 5.74) is 2.43. The van der Waals surface area contributed by atoms with E-state index in [1.54, 1.807) is 0 Å². The Balaban J connectivity index is 4.44. The fourth-order valence-electron chi connectivity index (χ4n) is 1.89. The lowest BCUT2D eigenvalue weighted by Gasteiger charge is -2.20. The van der Waals surface area contributed by atoms with E-state index in [1.807, 2.05) is 0 Å². The zero-order valence-corrected chi connectivity index (χ0v) is 22.5. The van der Waals surface area contributed by atoms with Gasteiger partial charge in [-0.3, -0.25) is 31.7 Å². The zero-order chi connectivity index (χ0) is 28.6. The van der Waals surface area contributed by atoms with Gasteiger partial charge in [-0.2, -0.15) is 11.1 Å². The van der Waals surface area contributed by atoms with E-state index in [4.69, 9.17) is 14.9 Å². The van der Waals surface area contributed by atoms with E-state index in [2.05, 4.69) is 31.7 Å². The molecule has 0 saturated carbocycles. The molecule has 0 radical (unpaired) electrons. The highest BCUT2D eigenvalue weighted by molar-refractivity contribution is 7.48. The Morgan fingerprint density at radius 1 is 0.568 bits per heavy atom. The molecule has 19 nitrogen and oxygen atoms in total. The van der Waals surface area contributed by atoms with Gasteiger partial charge in [0.05, 0.1) is 46.2 Å². The molecule has 0 aromatic heterocycles. The molecule has 0 bridgehead atoms. The molecule has 0 aliphatic heterocycles. The van der Waals surface area contributed by atoms with Gasteiger partial charge in [0.1, 0.15) is 0 Å². The van der Waals surface area contributed by atoms with Crippen molar-refractivity contribution in [3.63, 3.8) is 0 Å². The van der Waals surface area contributed by atoms with Crippen LogP contribution in [0.5, 0.6) is 0 Å². The molecular formula is C12H30F2N2O17P4. The van der Waals surface area contributed by atoms with E-state index in [1.165, 1.54) is 11.1 Å². The van der Waals surface area contributed by atoms with Crippen LogP contribution in [0.4, 0.5) is 8.96 Å². The van der Waals surface area contributed by atoms with Crippen LogP contribution in [0, 0.1) is 11.8 Å². The lowest BCUT2D eigenvalue weighted by atomic mass is 10.2. The lowest BCUT2D eigenvalue weighted by molar-refractivity contribution is 0.0679. The first-order valence-electron chi connectivity index (χ1n) is 9.88. The van der Waals surface area contributed by atoms with Crippen molar-refractivity contribution in [2.45, 2.75) is 0 Å². The highest BCUT2D eigenvalue weighted by Crippen LogP contribution is 2.47. The fourth-order valence-corrected chi connectivity index (χ4v) is 4.53. The second kappa shape index (κ2) is 18.5. The van der Waals surface area contributed by atoms with Gasteiger partial charge in [0.15, 0.2) is 0 Å². The Morgan fingerprint density at radius 2 is 0.892 bits per heavy atom. The summed E-state index contributed by atoms with van der Waals surface area (Å²) >= 11 is 0. The molecule has 25 heteroatoms. The maximum atomic E-state index is 12.5. The standard InChI is InChI=1S/C12H30F2N2O17P4/c13-15-5-11(7-17)8-31-35(21,22)29-3-4-30-37(25,26)33-10-12(6-16-14)9-32-36(23,24)28-2-1-27-34(18,19)20/h11-12,15-17H,1-10H2,(H,21,22)(H,23,24)(H,25,26)(H2,18,19,20). The number of rotatable bonds is 24. The molecule has 8 N–H and O–H groups in total. The van der Waals surface area contributed by atoms with E-state index in [0.717, 1.165) is 0 Å². The minimum atomic E-state index is -4.83. The normalized spacial score (nSPS) is 19.0. The molecule has 0 aromatic carbocycles. The lowest BCUT2D eigenvalue weighted by Crippen LogP contribution is -2.25. The molecule has 0 saturated heterocycles. The van der Waals surface area contributed by atoms with Crippen molar-refractivity contribution in [2.24, 2.45) is 11.8 Å². The first kappa shape index (κ1) is 37.2. The summed E-state index contributed by atoms with van der Waals surface area (Å²) in [6.45, 7) is -6.64. The van der Waals surface area contributed by atoms with E-state index < -0.39 is 103 Å². The fraction of sp³-hybridized carbons (Fsp3) is 1.00. The van der Waals surface area contributed by atoms with E-state index in [0.29, 0.717) is 0 Å². The molecule has 0 spiro atoms. The molecule has 0 aliphatic rings. The van der Waals surface area contributed by atoms with Crippen LogP contribution in [0.3, 0.4) is 0 Å². The highest BCUT2D eigenvalue weighted by atomic mass is 31.2. The zero-order valence-electron chi connectivity index (χ0n) is 18.9. The number of aliphatic hydroxyl groups excluding tert-OH is 1. The average Bonchev–Trinajstić information content (AvgIpc) is 2.78. The molecule has 37 heavy (non-hydrogen) atoms. The summed E-state index contributed by atoms with van der Waals surface area (Å²) < 4.78 is 101. The van der Waals surface area contributed by atoms with Crippen LogP contribution in [0.1, 0.15) is 0 Å². The Hall–Kier alpha value is 0.180. The van der Waals surface area contributed by atoms with Crippen molar-refractivity contribution >= 4 is 31.3 Å². The molecule has 0 heterocycles. The Morgan fingerprint density at radius 3 is 1.22 bits per heavy atom. The minimum absolute atomic E-state index is 0.369. The molecule has 5 atom stereocenters. The number of phosphoric ester groups is 4. The summed E-state index contributed by atoms with van der Waals surface area (Å²) in [7, 11) is -19.1. The first-order chi connectivity index (χ1) is 17.0. The summed E-state index contributed by atoms with van der Waals surface area (Å²) in [6.07, 6.45) is 0. The van der Waals surface area contributed by atoms with Crippen molar-refractivity contribution in [1.29, 1.82) is 0 Å². The predicted octanol–water partition coefficient (Wildman–Crippen LogP) is -0.331. The second-order valence-corrected chi connectivity index (χ2v) is 12.3. The molecule has 0 rings (SSSR count). The van der Waals surface area contributed by atoms with Gasteiger partial charge in [-0.1, -0.05) is 0 Å². The maximum Gasteiger partial charge on any atom is 0.472 e. The van der Waals surface area contributed by atoms with Crippen molar-refractivity contribution in [2.75, 3.05) is 65.9 Å². The van der Waals surface area contributed by atoms with Crippen LogP contribution in [0.2, 0.25) is 0 Å². The third-order valence-corrected chi connectivity index (χ3v) is 7.07. The van der Waals surface area contributed by atoms with Gasteiger partial charge in [-0.25, -0.2) is 18.3 Å². The Kier molecular flexibility index (Phi) is 18.6. The number of phosphoric acid groups is 4. The van der Waals surface area contributed by atoms with Crippen molar-refractivity contribution in [3.05, 3.63) is 0 Å². The second-order valence-electron chi connectivity index (χ2n) is 6.71. The topological polar surface area (TPSA) is 278 Å². The predicted molar refractivity (Wildman–Crippen MR) is 115 cm³/mol. The average molecular weight is 636 g/mol. The number of hydrogen-bond acceptors (Lipinski definition) is 14. The quantitative estimate of drug-likeness (QED) is 0.0382. The monoisotopic (exact) mass is 636 g/mol. The van der Waals surface area contributed by atoms with Crippen molar-refractivity contribution < 1.29 is 88.5 Å². The molecule has 224 valence electrons. The number of nitrogens with one attached hydrogen (secondary N) is 2. The van der Waals surface area contributed by atoms with Gasteiger partial charge in [0.2, 0.25) is 0 Å². The molecule has 0 aromatic rings. The van der Waals surface area contributed by atoms with Gasteiger partial charge >= 0.3 is 31.3 Å². The first-order valence-corrected chi connectivity index (χ1v) is 15.9.